The molecule has 0 bridgehead atoms. The fourth-order valence-electron chi connectivity index (χ4n) is 3.40. The normalized spacial score (nSPS) is 14.5. The molecule has 0 radical (unpaired) electrons. The summed E-state index contributed by atoms with van der Waals surface area (Å²) in [6.45, 7) is 9.02. The quantitative estimate of drug-likeness (QED) is 0.629. The minimum atomic E-state index is -0.477. The van der Waals surface area contributed by atoms with Crippen molar-refractivity contribution in [1.82, 2.24) is 24.6 Å². The number of amides is 1. The van der Waals surface area contributed by atoms with E-state index in [1.165, 1.54) is 0 Å². The van der Waals surface area contributed by atoms with Crippen molar-refractivity contribution in [3.63, 3.8) is 0 Å². The molecule has 4 heterocycles. The van der Waals surface area contributed by atoms with Crippen LogP contribution in [0.15, 0.2) is 36.0 Å². The molecule has 170 valence electrons. The summed E-state index contributed by atoms with van der Waals surface area (Å²) in [4.78, 5) is 25.4. The molecule has 0 aromatic carbocycles. The van der Waals surface area contributed by atoms with Crippen molar-refractivity contribution < 1.29 is 9.53 Å². The highest BCUT2D eigenvalue weighted by Crippen LogP contribution is 2.23. The first-order valence-corrected chi connectivity index (χ1v) is 11.5. The second-order valence-electron chi connectivity index (χ2n) is 8.73. The van der Waals surface area contributed by atoms with Gasteiger partial charge in [-0.15, -0.1) is 11.3 Å². The molecule has 1 aliphatic heterocycles. The molecule has 4 rings (SSSR count). The first kappa shape index (κ1) is 22.1. The molecule has 10 heteroatoms. The maximum Gasteiger partial charge on any atom is 0.410 e. The van der Waals surface area contributed by atoms with Gasteiger partial charge in [0.25, 0.3) is 0 Å². The summed E-state index contributed by atoms with van der Waals surface area (Å²) in [6.07, 6.45) is 3.47. The lowest BCUT2D eigenvalue weighted by Crippen LogP contribution is -2.50. The number of hydrogen-bond donors (Lipinski definition) is 1. The van der Waals surface area contributed by atoms with Crippen LogP contribution in [0.2, 0.25) is 0 Å². The molecule has 32 heavy (non-hydrogen) atoms. The van der Waals surface area contributed by atoms with Crippen molar-refractivity contribution in [2.75, 3.05) is 36.4 Å². The van der Waals surface area contributed by atoms with Crippen LogP contribution in [0.3, 0.4) is 0 Å². The Balaban J connectivity index is 1.31. The molecular formula is C22H29N7O2S. The first-order chi connectivity index (χ1) is 15.3. The zero-order chi connectivity index (χ0) is 22.7. The topological polar surface area (TPSA) is 88.4 Å². The molecule has 1 amide bonds. The second kappa shape index (κ2) is 9.15. The third-order valence-electron chi connectivity index (χ3n) is 4.98. The third-order valence-corrected chi connectivity index (χ3v) is 5.89. The van der Waals surface area contributed by atoms with Crippen LogP contribution >= 0.6 is 11.3 Å². The summed E-state index contributed by atoms with van der Waals surface area (Å²) in [6, 6.07) is 6.00. The lowest BCUT2D eigenvalue weighted by molar-refractivity contribution is 0.0240. The summed E-state index contributed by atoms with van der Waals surface area (Å²) in [5.41, 5.74) is 2.44. The van der Waals surface area contributed by atoms with Crippen LogP contribution in [-0.2, 0) is 18.3 Å². The van der Waals surface area contributed by atoms with Gasteiger partial charge in [0.15, 0.2) is 0 Å². The van der Waals surface area contributed by atoms with Crippen molar-refractivity contribution >= 4 is 28.9 Å². The molecule has 0 spiro atoms. The van der Waals surface area contributed by atoms with E-state index < -0.39 is 5.60 Å². The van der Waals surface area contributed by atoms with Gasteiger partial charge < -0.3 is 19.9 Å². The Kier molecular flexibility index (Phi) is 6.31. The Hall–Kier alpha value is -3.14. The van der Waals surface area contributed by atoms with E-state index in [2.05, 4.69) is 25.3 Å². The Morgan fingerprint density at radius 1 is 1.22 bits per heavy atom. The molecule has 9 nitrogen and oxygen atoms in total. The average molecular weight is 456 g/mol. The van der Waals surface area contributed by atoms with E-state index >= 15 is 0 Å². The number of aromatic nitrogens is 4. The number of rotatable bonds is 5. The van der Waals surface area contributed by atoms with E-state index in [0.29, 0.717) is 19.6 Å². The number of anilines is 2. The molecule has 0 aliphatic carbocycles. The molecule has 0 saturated carbocycles. The van der Waals surface area contributed by atoms with Crippen LogP contribution in [0.5, 0.6) is 0 Å². The number of thiazole rings is 1. The average Bonchev–Trinajstić information content (AvgIpc) is 3.40. The third kappa shape index (κ3) is 5.56. The summed E-state index contributed by atoms with van der Waals surface area (Å²) in [7, 11) is 1.90. The van der Waals surface area contributed by atoms with Gasteiger partial charge in [-0.25, -0.2) is 14.8 Å². The SMILES string of the molecule is Cn1ccc(-c2nc(CNc3cc(N4CCN(C(=O)OC(C)(C)C)CC4)ccn3)cs2)n1. The Morgan fingerprint density at radius 2 is 2.00 bits per heavy atom. The lowest BCUT2D eigenvalue weighted by Gasteiger charge is -2.36. The van der Waals surface area contributed by atoms with Crippen LogP contribution in [0.4, 0.5) is 16.3 Å². The van der Waals surface area contributed by atoms with Crippen molar-refractivity contribution in [2.45, 2.75) is 32.9 Å². The minimum absolute atomic E-state index is 0.248. The van der Waals surface area contributed by atoms with Gasteiger partial charge in [-0.2, -0.15) is 5.10 Å². The predicted octanol–water partition coefficient (Wildman–Crippen LogP) is 3.61. The molecule has 0 unspecified atom stereocenters. The van der Waals surface area contributed by atoms with Gasteiger partial charge in [-0.3, -0.25) is 4.68 Å². The fourth-order valence-corrected chi connectivity index (χ4v) is 4.19. The molecule has 1 fully saturated rings. The van der Waals surface area contributed by atoms with Crippen LogP contribution < -0.4 is 10.2 Å². The Bertz CT molecular complexity index is 1060. The van der Waals surface area contributed by atoms with Gasteiger partial charge in [0.2, 0.25) is 0 Å². The van der Waals surface area contributed by atoms with Gasteiger partial charge in [0.1, 0.15) is 22.1 Å². The van der Waals surface area contributed by atoms with Gasteiger partial charge in [0.05, 0.1) is 12.2 Å². The zero-order valence-corrected chi connectivity index (χ0v) is 19.7. The number of ether oxygens (including phenoxy) is 1. The van der Waals surface area contributed by atoms with E-state index in [9.17, 15) is 4.79 Å². The standard InChI is InChI=1S/C22H29N7O2S/c1-22(2,3)31-21(30)29-11-9-28(10-12-29)17-5-7-23-19(13-17)24-14-16-15-32-20(25-16)18-6-8-27(4)26-18/h5-8,13,15H,9-12,14H2,1-4H3,(H,23,24). The van der Waals surface area contributed by atoms with Crippen LogP contribution in [0.25, 0.3) is 10.7 Å². The first-order valence-electron chi connectivity index (χ1n) is 10.6. The highest BCUT2D eigenvalue weighted by molar-refractivity contribution is 7.13. The van der Waals surface area contributed by atoms with Crippen molar-refractivity contribution in [1.29, 1.82) is 0 Å². The maximum absolute atomic E-state index is 12.3. The molecule has 0 atom stereocenters. The van der Waals surface area contributed by atoms with E-state index in [-0.39, 0.29) is 6.09 Å². The second-order valence-corrected chi connectivity index (χ2v) is 9.58. The predicted molar refractivity (Wildman–Crippen MR) is 126 cm³/mol. The summed E-state index contributed by atoms with van der Waals surface area (Å²) >= 11 is 1.58. The van der Waals surface area contributed by atoms with E-state index in [0.717, 1.165) is 41.0 Å². The van der Waals surface area contributed by atoms with Crippen molar-refractivity contribution in [3.05, 3.63) is 41.7 Å². The molecule has 3 aromatic rings. The summed E-state index contributed by atoms with van der Waals surface area (Å²) in [5.74, 6) is 0.796. The Morgan fingerprint density at radius 3 is 2.69 bits per heavy atom. The number of nitrogens with one attached hydrogen (secondary N) is 1. The molecular weight excluding hydrogens is 426 g/mol. The van der Waals surface area contributed by atoms with Gasteiger partial charge >= 0.3 is 6.09 Å². The minimum Gasteiger partial charge on any atom is -0.444 e. The lowest BCUT2D eigenvalue weighted by atomic mass is 10.2. The fraction of sp³-hybridized carbons (Fsp3) is 0.455. The van der Waals surface area contributed by atoms with Gasteiger partial charge in [-0.05, 0) is 32.9 Å². The maximum atomic E-state index is 12.3. The molecule has 3 aromatic heterocycles. The highest BCUT2D eigenvalue weighted by Gasteiger charge is 2.26. The van der Waals surface area contributed by atoms with Crippen LogP contribution in [0.1, 0.15) is 26.5 Å². The molecule has 1 saturated heterocycles. The van der Waals surface area contributed by atoms with E-state index in [1.807, 2.05) is 57.6 Å². The largest absolute Gasteiger partial charge is 0.444 e. The van der Waals surface area contributed by atoms with E-state index in [1.54, 1.807) is 27.1 Å². The molecule has 1 N–H and O–H groups in total. The summed E-state index contributed by atoms with van der Waals surface area (Å²) in [5, 5.41) is 10.7. The van der Waals surface area contributed by atoms with Gasteiger partial charge in [0, 0.05) is 62.8 Å². The smallest absolute Gasteiger partial charge is 0.410 e. The number of aryl methyl sites for hydroxylation is 1. The monoisotopic (exact) mass is 455 g/mol. The zero-order valence-electron chi connectivity index (χ0n) is 18.9. The number of piperazine rings is 1. The highest BCUT2D eigenvalue weighted by atomic mass is 32.1. The number of carbonyl (C=O) groups is 1. The van der Waals surface area contributed by atoms with Crippen molar-refractivity contribution in [3.8, 4) is 10.7 Å². The summed E-state index contributed by atoms with van der Waals surface area (Å²) < 4.78 is 7.26. The Labute approximate surface area is 192 Å². The van der Waals surface area contributed by atoms with Crippen LogP contribution in [0, 0.1) is 0 Å². The van der Waals surface area contributed by atoms with E-state index in [4.69, 9.17) is 4.74 Å². The number of nitrogens with zero attached hydrogens (tertiary/aromatic N) is 6. The van der Waals surface area contributed by atoms with Crippen molar-refractivity contribution in [2.24, 2.45) is 7.05 Å². The van der Waals surface area contributed by atoms with Gasteiger partial charge in [-0.1, -0.05) is 0 Å². The number of hydrogen-bond acceptors (Lipinski definition) is 8. The number of pyridine rings is 1. The van der Waals surface area contributed by atoms with Crippen LogP contribution in [-0.4, -0.2) is 62.5 Å². The molecule has 1 aliphatic rings. The number of carbonyl (C=O) groups excluding carboxylic acids is 1.